The molecule has 0 saturated carbocycles. The molecule has 0 aliphatic carbocycles. The van der Waals surface area contributed by atoms with Crippen molar-refractivity contribution in [3.63, 3.8) is 0 Å². The third-order valence-corrected chi connectivity index (χ3v) is 3.68. The SMILES string of the molecule is C[Si](C)(C)C#Cc1cccc(CNNc2ccccc2)c1. The summed E-state index contributed by atoms with van der Waals surface area (Å²) in [6.07, 6.45) is 0. The molecule has 0 heterocycles. The number of nitrogens with one attached hydrogen (secondary N) is 2. The van der Waals surface area contributed by atoms with E-state index in [0.29, 0.717) is 0 Å². The van der Waals surface area contributed by atoms with Gasteiger partial charge in [-0.3, -0.25) is 0 Å². The highest BCUT2D eigenvalue weighted by Crippen LogP contribution is 2.07. The van der Waals surface area contributed by atoms with E-state index in [-0.39, 0.29) is 0 Å². The molecule has 0 radical (unpaired) electrons. The van der Waals surface area contributed by atoms with Gasteiger partial charge in [-0.2, -0.15) is 0 Å². The van der Waals surface area contributed by atoms with Crippen LogP contribution in [0.5, 0.6) is 0 Å². The van der Waals surface area contributed by atoms with E-state index in [9.17, 15) is 0 Å². The lowest BCUT2D eigenvalue weighted by molar-refractivity contribution is 0.801. The summed E-state index contributed by atoms with van der Waals surface area (Å²) in [4.78, 5) is 0. The maximum absolute atomic E-state index is 3.40. The second-order valence-corrected chi connectivity index (χ2v) is 10.8. The molecule has 3 heteroatoms. The number of para-hydroxylation sites is 1. The predicted molar refractivity (Wildman–Crippen MR) is 93.6 cm³/mol. The Morgan fingerprint density at radius 2 is 1.71 bits per heavy atom. The molecule has 0 aliphatic rings. The van der Waals surface area contributed by atoms with Crippen LogP contribution in [0.3, 0.4) is 0 Å². The maximum atomic E-state index is 3.40. The third kappa shape index (κ3) is 5.86. The zero-order valence-electron chi connectivity index (χ0n) is 12.9. The van der Waals surface area contributed by atoms with Gasteiger partial charge in [0.05, 0.1) is 0 Å². The van der Waals surface area contributed by atoms with Gasteiger partial charge in [-0.25, -0.2) is 5.43 Å². The number of hydrogen-bond donors (Lipinski definition) is 2. The smallest absolute Gasteiger partial charge is 0.129 e. The van der Waals surface area contributed by atoms with E-state index in [1.807, 2.05) is 30.3 Å². The second kappa shape index (κ2) is 7.12. The molecule has 0 aliphatic heterocycles. The van der Waals surface area contributed by atoms with Crippen molar-refractivity contribution in [3.8, 4) is 11.5 Å². The van der Waals surface area contributed by atoms with Crippen LogP contribution in [-0.2, 0) is 6.54 Å². The highest BCUT2D eigenvalue weighted by atomic mass is 28.3. The van der Waals surface area contributed by atoms with Gasteiger partial charge >= 0.3 is 0 Å². The van der Waals surface area contributed by atoms with E-state index in [2.05, 4.69) is 66.2 Å². The Kier molecular flexibility index (Phi) is 5.21. The van der Waals surface area contributed by atoms with E-state index >= 15 is 0 Å². The normalized spacial score (nSPS) is 10.6. The van der Waals surface area contributed by atoms with E-state index in [1.165, 1.54) is 5.56 Å². The number of hydrazine groups is 1. The first-order chi connectivity index (χ1) is 10.0. The van der Waals surface area contributed by atoms with Gasteiger partial charge in [0.2, 0.25) is 0 Å². The van der Waals surface area contributed by atoms with Gasteiger partial charge in [0.25, 0.3) is 0 Å². The molecule has 2 aromatic carbocycles. The minimum absolute atomic E-state index is 0.761. The number of anilines is 1. The van der Waals surface area contributed by atoms with Crippen molar-refractivity contribution in [2.24, 2.45) is 0 Å². The van der Waals surface area contributed by atoms with Crippen LogP contribution in [-0.4, -0.2) is 8.07 Å². The molecule has 0 bridgehead atoms. The Balaban J connectivity index is 1.93. The molecule has 0 atom stereocenters. The van der Waals surface area contributed by atoms with Gasteiger partial charge < -0.3 is 5.43 Å². The van der Waals surface area contributed by atoms with E-state index in [1.54, 1.807) is 0 Å². The van der Waals surface area contributed by atoms with Gasteiger partial charge in [-0.1, -0.05) is 55.9 Å². The summed E-state index contributed by atoms with van der Waals surface area (Å²) in [5.41, 5.74) is 13.2. The standard InChI is InChI=1S/C18H22N2Si/c1-21(2,3)13-12-16-8-7-9-17(14-16)15-19-20-18-10-5-4-6-11-18/h4-11,14,19-20H,15H2,1-3H3. The lowest BCUT2D eigenvalue weighted by Gasteiger charge is -2.08. The van der Waals surface area contributed by atoms with Crippen LogP contribution in [0.4, 0.5) is 5.69 Å². The second-order valence-electron chi connectivity index (χ2n) is 6.04. The fraction of sp³-hybridized carbons (Fsp3) is 0.222. The van der Waals surface area contributed by atoms with E-state index < -0.39 is 8.07 Å². The third-order valence-electron chi connectivity index (χ3n) is 2.81. The highest BCUT2D eigenvalue weighted by Gasteiger charge is 2.07. The van der Waals surface area contributed by atoms with Crippen LogP contribution in [0, 0.1) is 11.5 Å². The first kappa shape index (κ1) is 15.4. The summed E-state index contributed by atoms with van der Waals surface area (Å²) in [6.45, 7) is 7.54. The number of hydrogen-bond acceptors (Lipinski definition) is 2. The van der Waals surface area contributed by atoms with Crippen molar-refractivity contribution in [1.29, 1.82) is 0 Å². The van der Waals surface area contributed by atoms with Crippen molar-refractivity contribution in [2.45, 2.75) is 26.2 Å². The molecule has 0 spiro atoms. The Hall–Kier alpha value is -2.02. The summed E-state index contributed by atoms with van der Waals surface area (Å²) in [7, 11) is -1.32. The fourth-order valence-corrected chi connectivity index (χ4v) is 2.31. The van der Waals surface area contributed by atoms with Gasteiger partial charge in [0.1, 0.15) is 8.07 Å². The molecule has 2 aromatic rings. The predicted octanol–water partition coefficient (Wildman–Crippen LogP) is 4.03. The summed E-state index contributed by atoms with van der Waals surface area (Å²) in [5.74, 6) is 3.30. The molecule has 0 saturated heterocycles. The molecule has 21 heavy (non-hydrogen) atoms. The lowest BCUT2D eigenvalue weighted by atomic mass is 10.1. The first-order valence-electron chi connectivity index (χ1n) is 7.19. The molecule has 2 N–H and O–H groups in total. The quantitative estimate of drug-likeness (QED) is 0.505. The fourth-order valence-electron chi connectivity index (χ4n) is 1.79. The van der Waals surface area contributed by atoms with Crippen LogP contribution in [0.15, 0.2) is 54.6 Å². The topological polar surface area (TPSA) is 24.1 Å². The molecule has 0 amide bonds. The average molecular weight is 294 g/mol. The number of rotatable bonds is 4. The minimum Gasteiger partial charge on any atom is -0.321 e. The number of benzene rings is 2. The first-order valence-corrected chi connectivity index (χ1v) is 10.7. The van der Waals surface area contributed by atoms with Gasteiger partial charge in [0.15, 0.2) is 0 Å². The molecule has 2 rings (SSSR count). The molecule has 0 aromatic heterocycles. The summed E-state index contributed by atoms with van der Waals surface area (Å²) in [6, 6.07) is 18.5. The van der Waals surface area contributed by atoms with Gasteiger partial charge in [-0.15, -0.1) is 5.54 Å². The molecule has 0 unspecified atom stereocenters. The van der Waals surface area contributed by atoms with Crippen molar-refractivity contribution < 1.29 is 0 Å². The average Bonchev–Trinajstić information content (AvgIpc) is 2.46. The van der Waals surface area contributed by atoms with Crippen LogP contribution in [0.25, 0.3) is 0 Å². The van der Waals surface area contributed by atoms with Gasteiger partial charge in [-0.05, 0) is 29.8 Å². The van der Waals surface area contributed by atoms with Crippen molar-refractivity contribution >= 4 is 13.8 Å². The zero-order valence-corrected chi connectivity index (χ0v) is 13.9. The summed E-state index contributed by atoms with van der Waals surface area (Å²) >= 11 is 0. The molecular formula is C18H22N2Si. The molecule has 108 valence electrons. The summed E-state index contributed by atoms with van der Waals surface area (Å²) < 4.78 is 0. The van der Waals surface area contributed by atoms with Crippen LogP contribution >= 0.6 is 0 Å². The maximum Gasteiger partial charge on any atom is 0.129 e. The van der Waals surface area contributed by atoms with E-state index in [4.69, 9.17) is 0 Å². The monoisotopic (exact) mass is 294 g/mol. The Morgan fingerprint density at radius 3 is 2.43 bits per heavy atom. The van der Waals surface area contributed by atoms with Crippen LogP contribution in [0.1, 0.15) is 11.1 Å². The Morgan fingerprint density at radius 1 is 0.952 bits per heavy atom. The minimum atomic E-state index is -1.32. The Labute approximate surface area is 128 Å². The Bertz CT molecular complexity index is 634. The van der Waals surface area contributed by atoms with Crippen molar-refractivity contribution in [3.05, 3.63) is 65.7 Å². The van der Waals surface area contributed by atoms with Crippen LogP contribution in [0.2, 0.25) is 19.6 Å². The van der Waals surface area contributed by atoms with Crippen molar-refractivity contribution in [1.82, 2.24) is 5.43 Å². The lowest BCUT2D eigenvalue weighted by Crippen LogP contribution is -2.20. The van der Waals surface area contributed by atoms with Gasteiger partial charge in [0, 0.05) is 17.8 Å². The summed E-state index contributed by atoms with van der Waals surface area (Å²) in [5, 5.41) is 0. The molecular weight excluding hydrogens is 272 g/mol. The van der Waals surface area contributed by atoms with E-state index in [0.717, 1.165) is 17.8 Å². The zero-order chi connectivity index (χ0) is 15.1. The molecule has 0 fully saturated rings. The van der Waals surface area contributed by atoms with Crippen molar-refractivity contribution in [2.75, 3.05) is 5.43 Å². The van der Waals surface area contributed by atoms with Crippen LogP contribution < -0.4 is 10.9 Å². The highest BCUT2D eigenvalue weighted by molar-refractivity contribution is 6.83. The largest absolute Gasteiger partial charge is 0.321 e. The molecule has 2 nitrogen and oxygen atoms in total.